The molecule has 1 aliphatic rings. The molecule has 1 fully saturated rings. The minimum absolute atomic E-state index is 0. The number of likely N-dealkylation sites (tertiary alicyclic amines) is 1. The zero-order valence-electron chi connectivity index (χ0n) is 18.4. The van der Waals surface area contributed by atoms with E-state index in [4.69, 9.17) is 14.2 Å². The second kappa shape index (κ2) is 12.1. The molecule has 2 aromatic carbocycles. The van der Waals surface area contributed by atoms with Gasteiger partial charge in [-0.3, -0.25) is 4.99 Å². The topological polar surface area (TPSA) is 55.3 Å². The van der Waals surface area contributed by atoms with Crippen molar-refractivity contribution in [1.82, 2.24) is 10.2 Å². The van der Waals surface area contributed by atoms with Gasteiger partial charge in [-0.25, -0.2) is 4.39 Å². The Morgan fingerprint density at radius 1 is 1.13 bits per heavy atom. The number of halogens is 2. The summed E-state index contributed by atoms with van der Waals surface area (Å²) in [6, 6.07) is 12.4. The van der Waals surface area contributed by atoms with E-state index in [-0.39, 0.29) is 35.9 Å². The first kappa shape index (κ1) is 25.2. The van der Waals surface area contributed by atoms with Crippen molar-refractivity contribution in [3.8, 4) is 11.5 Å². The third-order valence-corrected chi connectivity index (χ3v) is 5.52. The van der Waals surface area contributed by atoms with E-state index >= 15 is 0 Å². The summed E-state index contributed by atoms with van der Waals surface area (Å²) >= 11 is 0. The number of guanidine groups is 1. The molecule has 1 saturated heterocycles. The number of rotatable bonds is 7. The first-order valence-corrected chi connectivity index (χ1v) is 10.0. The normalized spacial score (nSPS) is 17.1. The molecule has 0 saturated carbocycles. The van der Waals surface area contributed by atoms with Crippen LogP contribution in [0.15, 0.2) is 47.5 Å². The Bertz CT molecular complexity index is 841. The smallest absolute Gasteiger partial charge is 0.193 e. The van der Waals surface area contributed by atoms with Gasteiger partial charge in [0.25, 0.3) is 0 Å². The number of nitrogens with zero attached hydrogens (tertiary/aromatic N) is 2. The van der Waals surface area contributed by atoms with Crippen LogP contribution in [0.2, 0.25) is 0 Å². The van der Waals surface area contributed by atoms with Gasteiger partial charge in [0, 0.05) is 45.8 Å². The van der Waals surface area contributed by atoms with Crippen LogP contribution < -0.4 is 14.8 Å². The number of benzene rings is 2. The summed E-state index contributed by atoms with van der Waals surface area (Å²) in [5, 5.41) is 3.40. The van der Waals surface area contributed by atoms with E-state index in [9.17, 15) is 4.39 Å². The maximum atomic E-state index is 13.2. The molecule has 0 bridgehead atoms. The molecule has 2 atom stereocenters. The average Bonchev–Trinajstić information content (AvgIpc) is 3.27. The molecule has 8 heteroatoms. The van der Waals surface area contributed by atoms with Gasteiger partial charge < -0.3 is 24.4 Å². The van der Waals surface area contributed by atoms with Crippen LogP contribution in [0.5, 0.6) is 11.5 Å². The molecule has 0 spiro atoms. The molecular weight excluding hydrogens is 512 g/mol. The highest BCUT2D eigenvalue weighted by atomic mass is 127. The third-order valence-electron chi connectivity index (χ3n) is 5.52. The van der Waals surface area contributed by atoms with E-state index in [2.05, 4.69) is 27.3 Å². The molecule has 1 N–H and O–H groups in total. The van der Waals surface area contributed by atoms with Gasteiger partial charge in [0.2, 0.25) is 0 Å². The molecular formula is C23H31FIN3O3. The van der Waals surface area contributed by atoms with Crippen molar-refractivity contribution in [3.63, 3.8) is 0 Å². The van der Waals surface area contributed by atoms with E-state index in [0.29, 0.717) is 12.5 Å². The van der Waals surface area contributed by atoms with E-state index in [1.165, 1.54) is 17.7 Å². The lowest BCUT2D eigenvalue weighted by atomic mass is 9.98. The first-order chi connectivity index (χ1) is 14.6. The quantitative estimate of drug-likeness (QED) is 0.322. The standard InChI is InChI=1S/C23H30FN3O3.HI/c1-25-23(26-14-22(30-4)16-5-7-19(24)8-6-16)27-10-9-17(15-27)18-11-20(28-2)13-21(12-18)29-3;/h5-8,11-13,17,22H,9-10,14-15H2,1-4H3,(H,25,26);1H. The summed E-state index contributed by atoms with van der Waals surface area (Å²) in [4.78, 5) is 6.69. The van der Waals surface area contributed by atoms with Crippen LogP contribution in [0.4, 0.5) is 4.39 Å². The van der Waals surface area contributed by atoms with Crippen molar-refractivity contribution in [2.75, 3.05) is 48.0 Å². The zero-order chi connectivity index (χ0) is 21.5. The highest BCUT2D eigenvalue weighted by molar-refractivity contribution is 14.0. The Morgan fingerprint density at radius 2 is 1.77 bits per heavy atom. The van der Waals surface area contributed by atoms with Crippen LogP contribution in [-0.2, 0) is 4.74 Å². The van der Waals surface area contributed by atoms with Crippen LogP contribution in [0.1, 0.15) is 29.6 Å². The van der Waals surface area contributed by atoms with E-state index < -0.39 is 0 Å². The molecule has 1 heterocycles. The second-order valence-corrected chi connectivity index (χ2v) is 7.28. The van der Waals surface area contributed by atoms with E-state index in [1.54, 1.807) is 40.5 Å². The van der Waals surface area contributed by atoms with Crippen LogP contribution in [0.3, 0.4) is 0 Å². The highest BCUT2D eigenvalue weighted by Gasteiger charge is 2.27. The lowest BCUT2D eigenvalue weighted by Crippen LogP contribution is -2.41. The Balaban J connectivity index is 0.00000341. The average molecular weight is 543 g/mol. The van der Waals surface area contributed by atoms with E-state index in [0.717, 1.165) is 42.5 Å². The van der Waals surface area contributed by atoms with Crippen molar-refractivity contribution in [2.24, 2.45) is 4.99 Å². The fourth-order valence-corrected chi connectivity index (χ4v) is 3.82. The summed E-state index contributed by atoms with van der Waals surface area (Å²) in [5.41, 5.74) is 2.12. The number of aliphatic imine (C=N–C) groups is 1. The number of ether oxygens (including phenoxy) is 3. The molecule has 0 radical (unpaired) electrons. The van der Waals surface area contributed by atoms with Gasteiger partial charge >= 0.3 is 0 Å². The number of hydrogen-bond acceptors (Lipinski definition) is 4. The zero-order valence-corrected chi connectivity index (χ0v) is 20.8. The largest absolute Gasteiger partial charge is 0.497 e. The minimum atomic E-state index is -0.255. The van der Waals surface area contributed by atoms with Crippen LogP contribution >= 0.6 is 24.0 Å². The SMILES string of the molecule is CN=C(NCC(OC)c1ccc(F)cc1)N1CCC(c2cc(OC)cc(OC)c2)C1.I. The summed E-state index contributed by atoms with van der Waals surface area (Å²) < 4.78 is 29.6. The molecule has 170 valence electrons. The van der Waals surface area contributed by atoms with Crippen molar-refractivity contribution < 1.29 is 18.6 Å². The summed E-state index contributed by atoms with van der Waals surface area (Å²) in [7, 11) is 6.77. The lowest BCUT2D eigenvalue weighted by molar-refractivity contribution is 0.106. The van der Waals surface area contributed by atoms with Crippen molar-refractivity contribution in [3.05, 3.63) is 59.4 Å². The lowest BCUT2D eigenvalue weighted by Gasteiger charge is -2.24. The fourth-order valence-electron chi connectivity index (χ4n) is 3.82. The maximum Gasteiger partial charge on any atom is 0.193 e. The van der Waals surface area contributed by atoms with Gasteiger partial charge in [0.05, 0.1) is 20.3 Å². The van der Waals surface area contributed by atoms with Gasteiger partial charge in [-0.2, -0.15) is 0 Å². The maximum absolute atomic E-state index is 13.2. The van der Waals surface area contributed by atoms with Gasteiger partial charge in [-0.1, -0.05) is 12.1 Å². The Labute approximate surface area is 200 Å². The molecule has 0 amide bonds. The van der Waals surface area contributed by atoms with Crippen molar-refractivity contribution >= 4 is 29.9 Å². The highest BCUT2D eigenvalue weighted by Crippen LogP contribution is 2.33. The van der Waals surface area contributed by atoms with Gasteiger partial charge in [0.1, 0.15) is 17.3 Å². The van der Waals surface area contributed by atoms with Crippen LogP contribution in [0, 0.1) is 5.82 Å². The minimum Gasteiger partial charge on any atom is -0.497 e. The molecule has 6 nitrogen and oxygen atoms in total. The first-order valence-electron chi connectivity index (χ1n) is 10.0. The van der Waals surface area contributed by atoms with Crippen LogP contribution in [0.25, 0.3) is 0 Å². The van der Waals surface area contributed by atoms with Gasteiger partial charge in [-0.05, 0) is 41.8 Å². The fraction of sp³-hybridized carbons (Fsp3) is 0.435. The van der Waals surface area contributed by atoms with Gasteiger partial charge in [0.15, 0.2) is 5.96 Å². The molecule has 0 aromatic heterocycles. The predicted molar refractivity (Wildman–Crippen MR) is 131 cm³/mol. The molecule has 1 aliphatic heterocycles. The van der Waals surface area contributed by atoms with E-state index in [1.807, 2.05) is 6.07 Å². The number of hydrogen-bond donors (Lipinski definition) is 1. The third kappa shape index (κ3) is 6.46. The Morgan fingerprint density at radius 3 is 2.32 bits per heavy atom. The summed E-state index contributed by atoms with van der Waals surface area (Å²) in [5.74, 6) is 2.54. The molecule has 3 rings (SSSR count). The van der Waals surface area contributed by atoms with Crippen molar-refractivity contribution in [2.45, 2.75) is 18.4 Å². The molecule has 0 aliphatic carbocycles. The Hall–Kier alpha value is -2.07. The Kier molecular flexibility index (Phi) is 9.83. The number of nitrogens with one attached hydrogen (secondary N) is 1. The second-order valence-electron chi connectivity index (χ2n) is 7.28. The predicted octanol–water partition coefficient (Wildman–Crippen LogP) is 4.21. The van der Waals surface area contributed by atoms with Crippen molar-refractivity contribution in [1.29, 1.82) is 0 Å². The molecule has 2 unspecified atom stereocenters. The number of methoxy groups -OCH3 is 3. The molecule has 2 aromatic rings. The van der Waals surface area contributed by atoms with Crippen LogP contribution in [-0.4, -0.2) is 58.9 Å². The van der Waals surface area contributed by atoms with Gasteiger partial charge in [-0.15, -0.1) is 24.0 Å². The summed E-state index contributed by atoms with van der Waals surface area (Å²) in [6.07, 6.45) is 0.825. The summed E-state index contributed by atoms with van der Waals surface area (Å²) in [6.45, 7) is 2.30. The monoisotopic (exact) mass is 543 g/mol. The molecule has 31 heavy (non-hydrogen) atoms.